The number of amides is 1. The van der Waals surface area contributed by atoms with Crippen LogP contribution >= 0.6 is 15.9 Å². The van der Waals surface area contributed by atoms with E-state index in [0.29, 0.717) is 30.2 Å². The summed E-state index contributed by atoms with van der Waals surface area (Å²) in [6.45, 7) is 0.871. The third-order valence-electron chi connectivity index (χ3n) is 2.80. The number of benzene rings is 2. The van der Waals surface area contributed by atoms with Crippen molar-refractivity contribution in [1.29, 1.82) is 0 Å². The van der Waals surface area contributed by atoms with Crippen LogP contribution in [-0.4, -0.2) is 26.2 Å². The molecule has 0 spiro atoms. The van der Waals surface area contributed by atoms with Gasteiger partial charge in [-0.05, 0) is 40.2 Å². The zero-order valence-electron chi connectivity index (χ0n) is 11.6. The van der Waals surface area contributed by atoms with E-state index in [1.54, 1.807) is 25.3 Å². The molecular formula is C16H16BrNO3. The Kier molecular flexibility index (Phi) is 5.78. The molecular weight excluding hydrogens is 334 g/mol. The van der Waals surface area contributed by atoms with Gasteiger partial charge in [0.2, 0.25) is 0 Å². The van der Waals surface area contributed by atoms with Gasteiger partial charge in [-0.25, -0.2) is 0 Å². The first-order valence-electron chi connectivity index (χ1n) is 6.49. The van der Waals surface area contributed by atoms with Crippen LogP contribution in [0, 0.1) is 0 Å². The third-order valence-corrected chi connectivity index (χ3v) is 3.49. The molecule has 0 saturated heterocycles. The van der Waals surface area contributed by atoms with Crippen molar-refractivity contribution in [2.75, 3.05) is 25.6 Å². The molecule has 2 aromatic rings. The first-order chi connectivity index (χ1) is 10.2. The maximum absolute atomic E-state index is 12.4. The Hall–Kier alpha value is -1.85. The van der Waals surface area contributed by atoms with Gasteiger partial charge in [-0.1, -0.05) is 24.3 Å². The van der Waals surface area contributed by atoms with Gasteiger partial charge in [0.05, 0.1) is 17.9 Å². The van der Waals surface area contributed by atoms with Crippen molar-refractivity contribution >= 4 is 27.5 Å². The first-order valence-corrected chi connectivity index (χ1v) is 7.28. The smallest absolute Gasteiger partial charge is 0.259 e. The monoisotopic (exact) mass is 349 g/mol. The number of hydrogen-bond acceptors (Lipinski definition) is 3. The molecule has 21 heavy (non-hydrogen) atoms. The van der Waals surface area contributed by atoms with E-state index in [0.717, 1.165) is 4.47 Å². The molecule has 0 bridgehead atoms. The average molecular weight is 350 g/mol. The van der Waals surface area contributed by atoms with Gasteiger partial charge in [0.1, 0.15) is 12.4 Å². The molecule has 0 atom stereocenters. The largest absolute Gasteiger partial charge is 0.490 e. The molecule has 2 aromatic carbocycles. The Labute approximate surface area is 132 Å². The second-order valence-electron chi connectivity index (χ2n) is 4.27. The molecule has 110 valence electrons. The van der Waals surface area contributed by atoms with E-state index in [1.807, 2.05) is 30.3 Å². The maximum atomic E-state index is 12.4. The summed E-state index contributed by atoms with van der Waals surface area (Å²) in [5.41, 5.74) is 1.21. The molecule has 0 aromatic heterocycles. The minimum atomic E-state index is -0.213. The Morgan fingerprint density at radius 3 is 2.57 bits per heavy atom. The lowest BCUT2D eigenvalue weighted by molar-refractivity contribution is 0.101. The van der Waals surface area contributed by atoms with Crippen LogP contribution in [0.25, 0.3) is 0 Å². The van der Waals surface area contributed by atoms with Crippen LogP contribution in [0.4, 0.5) is 5.69 Å². The molecule has 5 heteroatoms. The van der Waals surface area contributed by atoms with Crippen LogP contribution in [0.15, 0.2) is 53.0 Å². The molecule has 2 rings (SSSR count). The van der Waals surface area contributed by atoms with E-state index in [9.17, 15) is 4.79 Å². The fourth-order valence-corrected chi connectivity index (χ4v) is 2.15. The molecule has 0 radical (unpaired) electrons. The Balaban J connectivity index is 2.13. The molecule has 4 nitrogen and oxygen atoms in total. The predicted molar refractivity (Wildman–Crippen MR) is 85.9 cm³/mol. The van der Waals surface area contributed by atoms with Crippen molar-refractivity contribution in [2.45, 2.75) is 0 Å². The van der Waals surface area contributed by atoms with Crippen LogP contribution < -0.4 is 10.1 Å². The van der Waals surface area contributed by atoms with E-state index in [4.69, 9.17) is 9.47 Å². The predicted octanol–water partition coefficient (Wildman–Crippen LogP) is 3.73. The van der Waals surface area contributed by atoms with Crippen molar-refractivity contribution < 1.29 is 14.3 Å². The van der Waals surface area contributed by atoms with Gasteiger partial charge in [0.25, 0.3) is 5.91 Å². The molecule has 0 saturated carbocycles. The molecule has 0 heterocycles. The summed E-state index contributed by atoms with van der Waals surface area (Å²) in [6, 6.07) is 14.6. The second-order valence-corrected chi connectivity index (χ2v) is 5.13. The van der Waals surface area contributed by atoms with E-state index in [-0.39, 0.29) is 5.91 Å². The summed E-state index contributed by atoms with van der Waals surface area (Å²) in [5.74, 6) is 0.328. The summed E-state index contributed by atoms with van der Waals surface area (Å²) in [5, 5.41) is 2.86. The number of halogens is 1. The highest BCUT2D eigenvalue weighted by Crippen LogP contribution is 2.24. The summed E-state index contributed by atoms with van der Waals surface area (Å²) >= 11 is 3.40. The van der Waals surface area contributed by atoms with Crippen molar-refractivity contribution in [3.8, 4) is 5.75 Å². The van der Waals surface area contributed by atoms with E-state index in [2.05, 4.69) is 21.2 Å². The highest BCUT2D eigenvalue weighted by Gasteiger charge is 2.13. The molecule has 0 unspecified atom stereocenters. The molecule has 0 aliphatic heterocycles. The Bertz CT molecular complexity index is 616. The number of carbonyl (C=O) groups is 1. The molecule has 0 aliphatic rings. The van der Waals surface area contributed by atoms with Crippen LogP contribution in [0.5, 0.6) is 5.75 Å². The number of ether oxygens (including phenoxy) is 2. The molecule has 0 aliphatic carbocycles. The van der Waals surface area contributed by atoms with Crippen LogP contribution in [-0.2, 0) is 4.74 Å². The van der Waals surface area contributed by atoms with Crippen molar-refractivity contribution in [3.63, 3.8) is 0 Å². The van der Waals surface area contributed by atoms with Crippen LogP contribution in [0.3, 0.4) is 0 Å². The maximum Gasteiger partial charge on any atom is 0.259 e. The number of methoxy groups -OCH3 is 1. The van der Waals surface area contributed by atoms with E-state index >= 15 is 0 Å². The zero-order valence-corrected chi connectivity index (χ0v) is 13.2. The standard InChI is InChI=1S/C16H16BrNO3/c1-20-10-11-21-15-9-5-2-6-12(15)16(19)18-14-8-4-3-7-13(14)17/h2-9H,10-11H2,1H3,(H,18,19). The van der Waals surface area contributed by atoms with E-state index in [1.165, 1.54) is 0 Å². The lowest BCUT2D eigenvalue weighted by Gasteiger charge is -2.12. The summed E-state index contributed by atoms with van der Waals surface area (Å²) < 4.78 is 11.3. The fourth-order valence-electron chi connectivity index (χ4n) is 1.77. The SMILES string of the molecule is COCCOc1ccccc1C(=O)Nc1ccccc1Br. The minimum absolute atomic E-state index is 0.213. The van der Waals surface area contributed by atoms with Crippen molar-refractivity contribution in [2.24, 2.45) is 0 Å². The van der Waals surface area contributed by atoms with Crippen molar-refractivity contribution in [1.82, 2.24) is 0 Å². The van der Waals surface area contributed by atoms with E-state index < -0.39 is 0 Å². The van der Waals surface area contributed by atoms with Crippen LogP contribution in [0.2, 0.25) is 0 Å². The quantitative estimate of drug-likeness (QED) is 0.808. The van der Waals surface area contributed by atoms with Gasteiger partial charge in [0.15, 0.2) is 0 Å². The van der Waals surface area contributed by atoms with Gasteiger partial charge in [-0.3, -0.25) is 4.79 Å². The normalized spacial score (nSPS) is 10.2. The molecule has 1 amide bonds. The molecule has 1 N–H and O–H groups in total. The van der Waals surface area contributed by atoms with Gasteiger partial charge < -0.3 is 14.8 Å². The van der Waals surface area contributed by atoms with Crippen molar-refractivity contribution in [3.05, 3.63) is 58.6 Å². The fraction of sp³-hybridized carbons (Fsp3) is 0.188. The second kappa shape index (κ2) is 7.81. The number of carbonyl (C=O) groups excluding carboxylic acids is 1. The Morgan fingerprint density at radius 1 is 1.10 bits per heavy atom. The number of hydrogen-bond donors (Lipinski definition) is 1. The Morgan fingerprint density at radius 2 is 1.81 bits per heavy atom. The summed E-state index contributed by atoms with van der Waals surface area (Å²) in [6.07, 6.45) is 0. The lowest BCUT2D eigenvalue weighted by Crippen LogP contribution is -2.15. The molecule has 0 fully saturated rings. The third kappa shape index (κ3) is 4.31. The minimum Gasteiger partial charge on any atom is -0.490 e. The summed E-state index contributed by atoms with van der Waals surface area (Å²) in [7, 11) is 1.61. The average Bonchev–Trinajstić information content (AvgIpc) is 2.50. The topological polar surface area (TPSA) is 47.6 Å². The highest BCUT2D eigenvalue weighted by molar-refractivity contribution is 9.10. The zero-order chi connectivity index (χ0) is 15.1. The first kappa shape index (κ1) is 15.5. The number of anilines is 1. The van der Waals surface area contributed by atoms with Gasteiger partial charge in [-0.15, -0.1) is 0 Å². The lowest BCUT2D eigenvalue weighted by atomic mass is 10.2. The van der Waals surface area contributed by atoms with Gasteiger partial charge >= 0.3 is 0 Å². The van der Waals surface area contributed by atoms with Crippen LogP contribution in [0.1, 0.15) is 10.4 Å². The van der Waals surface area contributed by atoms with Gasteiger partial charge in [-0.2, -0.15) is 0 Å². The number of nitrogens with one attached hydrogen (secondary N) is 1. The van der Waals surface area contributed by atoms with Gasteiger partial charge in [0, 0.05) is 11.6 Å². The number of rotatable bonds is 6. The number of para-hydroxylation sites is 2. The summed E-state index contributed by atoms with van der Waals surface area (Å²) in [4.78, 5) is 12.4. The highest BCUT2D eigenvalue weighted by atomic mass is 79.9.